The largest absolute Gasteiger partial charge is 0.483 e. The van der Waals surface area contributed by atoms with Crippen LogP contribution in [0.4, 0.5) is 11.4 Å². The van der Waals surface area contributed by atoms with Crippen LogP contribution in [0.25, 0.3) is 11.1 Å². The number of sulfonamides is 1. The average Bonchev–Trinajstić information content (AvgIpc) is 2.86. The lowest BCUT2D eigenvalue weighted by atomic mass is 10.1. The summed E-state index contributed by atoms with van der Waals surface area (Å²) in [6.07, 6.45) is 0. The minimum absolute atomic E-state index is 0.0989. The Morgan fingerprint density at radius 1 is 0.833 bits per heavy atom. The van der Waals surface area contributed by atoms with Crippen LogP contribution >= 0.6 is 15.9 Å². The van der Waals surface area contributed by atoms with E-state index in [0.29, 0.717) is 17.1 Å². The summed E-state index contributed by atoms with van der Waals surface area (Å²) in [7, 11) is -3.77. The summed E-state index contributed by atoms with van der Waals surface area (Å²) in [5, 5.41) is 2.72. The molecule has 1 amide bonds. The molecule has 0 heterocycles. The molecule has 0 aromatic heterocycles. The van der Waals surface area contributed by atoms with E-state index in [0.717, 1.165) is 26.7 Å². The fraction of sp³-hybridized carbons (Fsp3) is 0.107. The topological polar surface area (TPSA) is 84.5 Å². The van der Waals surface area contributed by atoms with Gasteiger partial charge in [0.15, 0.2) is 6.61 Å². The Labute approximate surface area is 219 Å². The number of anilines is 2. The second-order valence-electron chi connectivity index (χ2n) is 8.24. The first kappa shape index (κ1) is 25.5. The normalized spacial score (nSPS) is 11.1. The van der Waals surface area contributed by atoms with E-state index < -0.39 is 10.0 Å². The van der Waals surface area contributed by atoms with Gasteiger partial charge in [0.2, 0.25) is 0 Å². The van der Waals surface area contributed by atoms with Crippen molar-refractivity contribution in [3.05, 3.63) is 107 Å². The second kappa shape index (κ2) is 11.0. The SMILES string of the molecule is Cc1cccc(C)c1NS(=O)(=O)c1ccc(NC(=O)COc2ccc(-c3ccccc3)cc2Br)cc1. The van der Waals surface area contributed by atoms with E-state index in [1.807, 2.05) is 80.6 Å². The van der Waals surface area contributed by atoms with Gasteiger partial charge in [0.25, 0.3) is 15.9 Å². The molecule has 0 aliphatic carbocycles. The minimum atomic E-state index is -3.77. The monoisotopic (exact) mass is 564 g/mol. The summed E-state index contributed by atoms with van der Waals surface area (Å²) in [4.78, 5) is 12.5. The molecule has 4 aromatic rings. The van der Waals surface area contributed by atoms with Gasteiger partial charge in [-0.3, -0.25) is 9.52 Å². The van der Waals surface area contributed by atoms with Crippen molar-refractivity contribution in [2.45, 2.75) is 18.7 Å². The number of rotatable bonds is 8. The summed E-state index contributed by atoms with van der Waals surface area (Å²) in [6, 6.07) is 27.2. The average molecular weight is 565 g/mol. The van der Waals surface area contributed by atoms with Crippen molar-refractivity contribution in [1.29, 1.82) is 0 Å². The van der Waals surface area contributed by atoms with Crippen molar-refractivity contribution in [3.63, 3.8) is 0 Å². The molecule has 8 heteroatoms. The molecule has 0 bridgehead atoms. The number of benzene rings is 4. The first-order valence-electron chi connectivity index (χ1n) is 11.2. The smallest absolute Gasteiger partial charge is 0.262 e. The third-order valence-corrected chi connectivity index (χ3v) is 7.55. The van der Waals surface area contributed by atoms with Crippen LogP contribution in [0, 0.1) is 13.8 Å². The molecule has 0 saturated heterocycles. The van der Waals surface area contributed by atoms with Crippen molar-refractivity contribution in [2.75, 3.05) is 16.6 Å². The lowest BCUT2D eigenvalue weighted by Crippen LogP contribution is -2.20. The molecule has 2 N–H and O–H groups in total. The zero-order valence-corrected chi connectivity index (χ0v) is 22.2. The van der Waals surface area contributed by atoms with E-state index in [9.17, 15) is 13.2 Å². The predicted molar refractivity (Wildman–Crippen MR) is 147 cm³/mol. The Hall–Kier alpha value is -3.62. The molecule has 0 unspecified atom stereocenters. The van der Waals surface area contributed by atoms with Crippen LogP contribution in [0.5, 0.6) is 5.75 Å². The Morgan fingerprint density at radius 3 is 2.14 bits per heavy atom. The molecule has 0 aliphatic rings. The number of amides is 1. The summed E-state index contributed by atoms with van der Waals surface area (Å²) < 4.78 is 34.7. The molecule has 6 nitrogen and oxygen atoms in total. The fourth-order valence-electron chi connectivity index (χ4n) is 3.65. The van der Waals surface area contributed by atoms with Gasteiger partial charge < -0.3 is 10.1 Å². The molecule has 36 heavy (non-hydrogen) atoms. The van der Waals surface area contributed by atoms with Gasteiger partial charge in [-0.1, -0.05) is 54.6 Å². The predicted octanol–water partition coefficient (Wildman–Crippen LogP) is 6.55. The molecule has 4 aromatic carbocycles. The fourth-order valence-corrected chi connectivity index (χ4v) is 5.35. The number of para-hydroxylation sites is 1. The molecule has 0 saturated carbocycles. The molecule has 0 atom stereocenters. The number of halogens is 1. The van der Waals surface area contributed by atoms with Gasteiger partial charge in [0.1, 0.15) is 5.75 Å². The first-order valence-corrected chi connectivity index (χ1v) is 13.5. The van der Waals surface area contributed by atoms with Crippen molar-refractivity contribution >= 4 is 43.2 Å². The van der Waals surface area contributed by atoms with Crippen LogP contribution in [0.15, 0.2) is 100 Å². The van der Waals surface area contributed by atoms with Crippen LogP contribution in [0.3, 0.4) is 0 Å². The number of hydrogen-bond acceptors (Lipinski definition) is 4. The van der Waals surface area contributed by atoms with Crippen molar-refractivity contribution < 1.29 is 17.9 Å². The highest BCUT2D eigenvalue weighted by Gasteiger charge is 2.17. The lowest BCUT2D eigenvalue weighted by molar-refractivity contribution is -0.118. The van der Waals surface area contributed by atoms with E-state index >= 15 is 0 Å². The van der Waals surface area contributed by atoms with Crippen molar-refractivity contribution in [2.24, 2.45) is 0 Å². The summed E-state index contributed by atoms with van der Waals surface area (Å²) in [5.74, 6) is 0.183. The molecule has 4 rings (SSSR count). The van der Waals surface area contributed by atoms with Crippen molar-refractivity contribution in [1.82, 2.24) is 0 Å². The third-order valence-electron chi connectivity index (χ3n) is 5.56. The number of hydrogen-bond donors (Lipinski definition) is 2. The Balaban J connectivity index is 1.36. The van der Waals surface area contributed by atoms with E-state index in [2.05, 4.69) is 26.0 Å². The van der Waals surface area contributed by atoms with Gasteiger partial charge in [-0.25, -0.2) is 8.42 Å². The summed E-state index contributed by atoms with van der Waals surface area (Å²) in [5.41, 5.74) is 4.81. The summed E-state index contributed by atoms with van der Waals surface area (Å²) >= 11 is 3.50. The van der Waals surface area contributed by atoms with Crippen LogP contribution < -0.4 is 14.8 Å². The number of carbonyl (C=O) groups excluding carboxylic acids is 1. The van der Waals surface area contributed by atoms with Gasteiger partial charge in [-0.2, -0.15) is 0 Å². The highest BCUT2D eigenvalue weighted by molar-refractivity contribution is 9.10. The molecular weight excluding hydrogens is 540 g/mol. The van der Waals surface area contributed by atoms with Crippen LogP contribution in [0.1, 0.15) is 11.1 Å². The van der Waals surface area contributed by atoms with Crippen LogP contribution in [-0.2, 0) is 14.8 Å². The van der Waals surface area contributed by atoms with Gasteiger partial charge >= 0.3 is 0 Å². The molecule has 184 valence electrons. The maximum Gasteiger partial charge on any atom is 0.262 e. The highest BCUT2D eigenvalue weighted by Crippen LogP contribution is 2.31. The number of nitrogens with one attached hydrogen (secondary N) is 2. The number of ether oxygens (including phenoxy) is 1. The van der Waals surface area contributed by atoms with E-state index in [-0.39, 0.29) is 17.4 Å². The second-order valence-corrected chi connectivity index (χ2v) is 10.8. The Morgan fingerprint density at radius 2 is 1.50 bits per heavy atom. The van der Waals surface area contributed by atoms with Gasteiger partial charge in [0, 0.05) is 5.69 Å². The summed E-state index contributed by atoms with van der Waals surface area (Å²) in [6.45, 7) is 3.50. The molecular formula is C28H25BrN2O4S. The highest BCUT2D eigenvalue weighted by atomic mass is 79.9. The Kier molecular flexibility index (Phi) is 7.76. The molecule has 0 radical (unpaired) electrons. The van der Waals surface area contributed by atoms with E-state index in [1.165, 1.54) is 12.1 Å². The number of carbonyl (C=O) groups is 1. The van der Waals surface area contributed by atoms with E-state index in [4.69, 9.17) is 4.74 Å². The zero-order valence-electron chi connectivity index (χ0n) is 19.8. The van der Waals surface area contributed by atoms with Gasteiger partial charge in [-0.05, 0) is 88.4 Å². The van der Waals surface area contributed by atoms with E-state index in [1.54, 1.807) is 12.1 Å². The maximum atomic E-state index is 12.8. The number of aryl methyl sites for hydroxylation is 2. The minimum Gasteiger partial charge on any atom is -0.483 e. The lowest BCUT2D eigenvalue weighted by Gasteiger charge is -2.14. The molecule has 0 aliphatic heterocycles. The standard InChI is InChI=1S/C28H25BrN2O4S/c1-19-7-6-8-20(2)28(19)31-36(33,34)24-14-12-23(13-15-24)30-27(32)18-35-26-16-11-22(17-25(26)29)21-9-4-3-5-10-21/h3-17,31H,18H2,1-2H3,(H,30,32). The van der Waals surface area contributed by atoms with Crippen molar-refractivity contribution in [3.8, 4) is 16.9 Å². The quantitative estimate of drug-likeness (QED) is 0.254. The van der Waals surface area contributed by atoms with Crippen LogP contribution in [0.2, 0.25) is 0 Å². The Bertz CT molecular complexity index is 1470. The van der Waals surface area contributed by atoms with Gasteiger partial charge in [-0.15, -0.1) is 0 Å². The molecule has 0 spiro atoms. The maximum absolute atomic E-state index is 12.8. The third kappa shape index (κ3) is 6.13. The zero-order chi connectivity index (χ0) is 25.7. The van der Waals surface area contributed by atoms with Gasteiger partial charge in [0.05, 0.1) is 15.1 Å². The molecule has 0 fully saturated rings. The van der Waals surface area contributed by atoms with Crippen LogP contribution in [-0.4, -0.2) is 20.9 Å². The first-order chi connectivity index (χ1) is 17.2.